The molecule has 1 aliphatic heterocycles. The van der Waals surface area contributed by atoms with Gasteiger partial charge in [0, 0.05) is 55.4 Å². The number of rotatable bonds is 5. The molecule has 3 heterocycles. The molecule has 70 heavy (non-hydrogen) atoms. The molecule has 13 aromatic rings. The molecular formula is C67H41N3. The molecule has 3 heteroatoms. The fourth-order valence-corrected chi connectivity index (χ4v) is 13.1. The van der Waals surface area contributed by atoms with Crippen molar-refractivity contribution in [3.8, 4) is 55.9 Å². The second kappa shape index (κ2) is 13.9. The second-order valence-electron chi connectivity index (χ2n) is 19.1. The van der Waals surface area contributed by atoms with Crippen LogP contribution in [0.3, 0.4) is 0 Å². The molecule has 0 bridgehead atoms. The third-order valence-electron chi connectivity index (χ3n) is 15.8. The van der Waals surface area contributed by atoms with Crippen LogP contribution in [0, 0.1) is 0 Å². The normalized spacial score (nSPS) is 13.3. The molecule has 3 nitrogen and oxygen atoms in total. The Morgan fingerprint density at radius 3 is 1.59 bits per heavy atom. The van der Waals surface area contributed by atoms with Crippen LogP contribution in [-0.2, 0) is 5.41 Å². The molecule has 0 radical (unpaired) electrons. The SMILES string of the molecule is c1ccc(-c2ccc(N(c3ccc4c(c3)-n3c5ccccc5c5ccc6c(c53)-c3c-4cccc3C63c4ccccc4-c4ccccc43)c3ccc4c5ccccc5n(-c5ccccc5)c4c3)cc2)cc1. The van der Waals surface area contributed by atoms with Gasteiger partial charge in [-0.3, -0.25) is 0 Å². The monoisotopic (exact) mass is 887 g/mol. The predicted octanol–water partition coefficient (Wildman–Crippen LogP) is 17.3. The van der Waals surface area contributed by atoms with Gasteiger partial charge in [0.15, 0.2) is 0 Å². The Hall–Kier alpha value is -9.18. The fraction of sp³-hybridized carbons (Fsp3) is 0.0149. The van der Waals surface area contributed by atoms with E-state index < -0.39 is 5.41 Å². The molecule has 1 spiro atoms. The van der Waals surface area contributed by atoms with E-state index >= 15 is 0 Å². The maximum atomic E-state index is 2.60. The maximum Gasteiger partial charge on any atom is 0.0726 e. The average molecular weight is 888 g/mol. The molecule has 16 rings (SSSR count). The number of nitrogens with zero attached hydrogens (tertiary/aromatic N) is 3. The average Bonchev–Trinajstić information content (AvgIpc) is 4.11. The molecule has 0 amide bonds. The molecule has 0 N–H and O–H groups in total. The highest BCUT2D eigenvalue weighted by molar-refractivity contribution is 6.20. The van der Waals surface area contributed by atoms with Gasteiger partial charge in [0.25, 0.3) is 0 Å². The van der Waals surface area contributed by atoms with Crippen LogP contribution in [0.2, 0.25) is 0 Å². The number of para-hydroxylation sites is 3. The molecular weight excluding hydrogens is 847 g/mol. The Labute approximate surface area is 405 Å². The van der Waals surface area contributed by atoms with Crippen LogP contribution in [-0.4, -0.2) is 9.13 Å². The van der Waals surface area contributed by atoms with E-state index in [0.29, 0.717) is 0 Å². The Balaban J connectivity index is 0.980. The summed E-state index contributed by atoms with van der Waals surface area (Å²) in [6.45, 7) is 0. The molecule has 324 valence electrons. The highest BCUT2D eigenvalue weighted by Gasteiger charge is 2.53. The lowest BCUT2D eigenvalue weighted by Gasteiger charge is -2.31. The zero-order chi connectivity index (χ0) is 45.7. The smallest absolute Gasteiger partial charge is 0.0726 e. The molecule has 2 aromatic heterocycles. The molecule has 0 saturated heterocycles. The number of hydrogen-bond acceptors (Lipinski definition) is 1. The summed E-state index contributed by atoms with van der Waals surface area (Å²) in [6.07, 6.45) is 0. The minimum atomic E-state index is -0.440. The second-order valence-corrected chi connectivity index (χ2v) is 19.1. The van der Waals surface area contributed by atoms with Crippen LogP contribution in [0.5, 0.6) is 0 Å². The van der Waals surface area contributed by atoms with E-state index in [-0.39, 0.29) is 0 Å². The van der Waals surface area contributed by atoms with Crippen molar-refractivity contribution in [3.63, 3.8) is 0 Å². The van der Waals surface area contributed by atoms with Gasteiger partial charge in [0.2, 0.25) is 0 Å². The summed E-state index contributed by atoms with van der Waals surface area (Å²) >= 11 is 0. The molecule has 0 atom stereocenters. The van der Waals surface area contributed by atoms with Crippen molar-refractivity contribution in [2.75, 3.05) is 4.90 Å². The van der Waals surface area contributed by atoms with Crippen molar-refractivity contribution in [2.45, 2.75) is 5.41 Å². The number of fused-ring (bicyclic) bond motifs is 16. The first-order valence-corrected chi connectivity index (χ1v) is 24.3. The van der Waals surface area contributed by atoms with Gasteiger partial charge in [-0.1, -0.05) is 188 Å². The van der Waals surface area contributed by atoms with Crippen LogP contribution in [0.1, 0.15) is 22.3 Å². The van der Waals surface area contributed by atoms with Gasteiger partial charge < -0.3 is 14.0 Å². The summed E-state index contributed by atoms with van der Waals surface area (Å²) in [7, 11) is 0. The van der Waals surface area contributed by atoms with Crippen LogP contribution >= 0.6 is 0 Å². The Morgan fingerprint density at radius 2 is 0.829 bits per heavy atom. The summed E-state index contributed by atoms with van der Waals surface area (Å²) in [5.41, 5.74) is 25.6. The lowest BCUT2D eigenvalue weighted by molar-refractivity contribution is 0.794. The van der Waals surface area contributed by atoms with Gasteiger partial charge in [-0.2, -0.15) is 0 Å². The number of hydrogen-bond donors (Lipinski definition) is 0. The van der Waals surface area contributed by atoms with E-state index in [1.165, 1.54) is 111 Å². The lowest BCUT2D eigenvalue weighted by Crippen LogP contribution is -2.25. The molecule has 11 aromatic carbocycles. The molecule has 0 saturated carbocycles. The minimum absolute atomic E-state index is 0.440. The minimum Gasteiger partial charge on any atom is -0.310 e. The van der Waals surface area contributed by atoms with Gasteiger partial charge >= 0.3 is 0 Å². The lowest BCUT2D eigenvalue weighted by atomic mass is 9.70. The standard InChI is InChI=1S/C67H41N3/c1-3-16-42(17-4-1)43-30-32-45(33-31-43)68(46-34-36-52-50-22-9-13-28-60(50)69(62(52)40-46)44-18-5-2-6-19-44)47-35-37-53-54-24-15-27-58-64(54)65-59(67(58)56-25-11-7-20-48(56)49-21-8-12-26-57(49)67)39-38-55-51-23-10-14-29-61(51)70(66(55)65)63(53)41-47/h1-41H. The van der Waals surface area contributed by atoms with Crippen LogP contribution in [0.4, 0.5) is 17.1 Å². The molecule has 0 unspecified atom stereocenters. The first-order valence-electron chi connectivity index (χ1n) is 24.3. The molecule has 0 fully saturated rings. The highest BCUT2D eigenvalue weighted by atomic mass is 15.1. The summed E-state index contributed by atoms with van der Waals surface area (Å²) < 4.78 is 5.02. The van der Waals surface area contributed by atoms with Crippen molar-refractivity contribution < 1.29 is 0 Å². The predicted molar refractivity (Wildman–Crippen MR) is 291 cm³/mol. The highest BCUT2D eigenvalue weighted by Crippen LogP contribution is 2.66. The number of aromatic nitrogens is 2. The van der Waals surface area contributed by atoms with E-state index in [0.717, 1.165) is 28.3 Å². The van der Waals surface area contributed by atoms with Crippen molar-refractivity contribution in [2.24, 2.45) is 0 Å². The van der Waals surface area contributed by atoms with Crippen molar-refractivity contribution in [3.05, 3.63) is 271 Å². The first-order chi connectivity index (χ1) is 34.8. The van der Waals surface area contributed by atoms with Crippen molar-refractivity contribution >= 4 is 60.7 Å². The maximum absolute atomic E-state index is 2.60. The van der Waals surface area contributed by atoms with Gasteiger partial charge in [0.1, 0.15) is 0 Å². The zero-order valence-electron chi connectivity index (χ0n) is 38.0. The topological polar surface area (TPSA) is 13.1 Å². The van der Waals surface area contributed by atoms with Crippen LogP contribution in [0.15, 0.2) is 249 Å². The van der Waals surface area contributed by atoms with E-state index in [1.54, 1.807) is 0 Å². The van der Waals surface area contributed by atoms with E-state index in [1.807, 2.05) is 0 Å². The molecule has 2 aliphatic carbocycles. The van der Waals surface area contributed by atoms with E-state index in [2.05, 4.69) is 263 Å². The summed E-state index contributed by atoms with van der Waals surface area (Å²) in [6, 6.07) is 92.8. The van der Waals surface area contributed by atoms with E-state index in [4.69, 9.17) is 0 Å². The Kier molecular flexibility index (Phi) is 7.54. The third-order valence-corrected chi connectivity index (χ3v) is 15.8. The summed E-state index contributed by atoms with van der Waals surface area (Å²) in [5.74, 6) is 0. The third kappa shape index (κ3) is 4.83. The van der Waals surface area contributed by atoms with E-state index in [9.17, 15) is 0 Å². The van der Waals surface area contributed by atoms with Crippen molar-refractivity contribution in [1.29, 1.82) is 0 Å². The van der Waals surface area contributed by atoms with Crippen molar-refractivity contribution in [1.82, 2.24) is 9.13 Å². The largest absolute Gasteiger partial charge is 0.310 e. The Morgan fingerprint density at radius 1 is 0.300 bits per heavy atom. The van der Waals surface area contributed by atoms with Crippen LogP contribution in [0.25, 0.3) is 99.5 Å². The first kappa shape index (κ1) is 37.9. The van der Waals surface area contributed by atoms with Gasteiger partial charge in [-0.25, -0.2) is 0 Å². The van der Waals surface area contributed by atoms with Gasteiger partial charge in [-0.15, -0.1) is 0 Å². The molecule has 3 aliphatic rings. The van der Waals surface area contributed by atoms with Gasteiger partial charge in [0.05, 0.1) is 33.2 Å². The van der Waals surface area contributed by atoms with Gasteiger partial charge in [-0.05, 0) is 116 Å². The fourth-order valence-electron chi connectivity index (χ4n) is 13.1. The Bertz CT molecular complexity index is 4300. The van der Waals surface area contributed by atoms with Crippen LogP contribution < -0.4 is 4.90 Å². The number of anilines is 3. The number of benzene rings is 11. The summed E-state index contributed by atoms with van der Waals surface area (Å²) in [4.78, 5) is 2.46. The summed E-state index contributed by atoms with van der Waals surface area (Å²) in [5, 5.41) is 5.00. The zero-order valence-corrected chi connectivity index (χ0v) is 38.0. The quantitative estimate of drug-likeness (QED) is 0.168.